The first-order chi connectivity index (χ1) is 7.11. The van der Waals surface area contributed by atoms with Gasteiger partial charge < -0.3 is 14.9 Å². The molecule has 2 heterocycles. The third-order valence-electron chi connectivity index (χ3n) is 2.05. The topological polar surface area (TPSA) is 78.4 Å². The Balaban J connectivity index is 2.65. The summed E-state index contributed by atoms with van der Waals surface area (Å²) < 4.78 is 9.75. The average Bonchev–Trinajstić information content (AvgIpc) is 2.60. The highest BCUT2D eigenvalue weighted by Gasteiger charge is 2.14. The number of rotatable bonds is 1. The van der Waals surface area contributed by atoms with E-state index in [0.717, 1.165) is 5.69 Å². The molecule has 0 bridgehead atoms. The number of carbonyl (C=O) groups excluding carboxylic acids is 1. The fourth-order valence-corrected chi connectivity index (χ4v) is 1.37. The minimum atomic E-state index is -0.537. The summed E-state index contributed by atoms with van der Waals surface area (Å²) in [6.45, 7) is 1.80. The van der Waals surface area contributed by atoms with Crippen molar-refractivity contribution >= 4 is 22.8 Å². The number of aromatic nitrogens is 1. The van der Waals surface area contributed by atoms with Crippen LogP contribution in [0.1, 0.15) is 16.2 Å². The van der Waals surface area contributed by atoms with Crippen LogP contribution >= 0.6 is 0 Å². The number of fused-ring (bicyclic) bond motifs is 1. The Morgan fingerprint density at radius 1 is 1.53 bits per heavy atom. The SMILES string of the molecule is COC(=O)c1cc2c(N)cc(C)nc2o1. The van der Waals surface area contributed by atoms with E-state index in [0.29, 0.717) is 16.8 Å². The molecule has 0 unspecified atom stereocenters. The summed E-state index contributed by atoms with van der Waals surface area (Å²) in [5.41, 5.74) is 7.39. The maximum atomic E-state index is 11.2. The van der Waals surface area contributed by atoms with Crippen molar-refractivity contribution in [1.29, 1.82) is 0 Å². The lowest BCUT2D eigenvalue weighted by Crippen LogP contribution is -1.98. The van der Waals surface area contributed by atoms with E-state index in [1.165, 1.54) is 13.2 Å². The minimum Gasteiger partial charge on any atom is -0.463 e. The number of nitrogens with zero attached hydrogens (tertiary/aromatic N) is 1. The van der Waals surface area contributed by atoms with Crippen molar-refractivity contribution in [2.75, 3.05) is 12.8 Å². The molecule has 5 nitrogen and oxygen atoms in total. The Morgan fingerprint density at radius 3 is 2.93 bits per heavy atom. The van der Waals surface area contributed by atoms with E-state index in [4.69, 9.17) is 10.2 Å². The number of ether oxygens (including phenoxy) is 1. The first kappa shape index (κ1) is 9.51. The van der Waals surface area contributed by atoms with Crippen LogP contribution in [0.2, 0.25) is 0 Å². The van der Waals surface area contributed by atoms with Gasteiger partial charge in [-0.15, -0.1) is 0 Å². The summed E-state index contributed by atoms with van der Waals surface area (Å²) in [6.07, 6.45) is 0. The minimum absolute atomic E-state index is 0.109. The Kier molecular flexibility index (Phi) is 2.07. The molecule has 0 saturated carbocycles. The molecule has 78 valence electrons. The first-order valence-corrected chi connectivity index (χ1v) is 4.37. The summed E-state index contributed by atoms with van der Waals surface area (Å²) in [6, 6.07) is 3.25. The number of esters is 1. The summed E-state index contributed by atoms with van der Waals surface area (Å²) in [5.74, 6) is -0.428. The van der Waals surface area contributed by atoms with Gasteiger partial charge in [0, 0.05) is 17.4 Å². The van der Waals surface area contributed by atoms with E-state index >= 15 is 0 Å². The highest BCUT2D eigenvalue weighted by atomic mass is 16.5. The highest BCUT2D eigenvalue weighted by Crippen LogP contribution is 2.24. The lowest BCUT2D eigenvalue weighted by Gasteiger charge is -1.95. The summed E-state index contributed by atoms with van der Waals surface area (Å²) in [4.78, 5) is 15.3. The maximum Gasteiger partial charge on any atom is 0.374 e. The number of furan rings is 1. The van der Waals surface area contributed by atoms with Crippen molar-refractivity contribution in [1.82, 2.24) is 4.98 Å². The number of hydrogen-bond acceptors (Lipinski definition) is 5. The van der Waals surface area contributed by atoms with Gasteiger partial charge in [-0.2, -0.15) is 0 Å². The molecule has 0 amide bonds. The molecular weight excluding hydrogens is 196 g/mol. The third-order valence-corrected chi connectivity index (χ3v) is 2.05. The van der Waals surface area contributed by atoms with E-state index in [2.05, 4.69) is 9.72 Å². The molecule has 2 aromatic heterocycles. The van der Waals surface area contributed by atoms with Gasteiger partial charge in [-0.25, -0.2) is 9.78 Å². The first-order valence-electron chi connectivity index (χ1n) is 4.37. The van der Waals surface area contributed by atoms with Gasteiger partial charge in [-0.05, 0) is 13.0 Å². The maximum absolute atomic E-state index is 11.2. The van der Waals surface area contributed by atoms with Crippen molar-refractivity contribution < 1.29 is 13.9 Å². The number of methoxy groups -OCH3 is 1. The van der Waals surface area contributed by atoms with Gasteiger partial charge in [0.15, 0.2) is 0 Å². The standard InChI is InChI=1S/C10H10N2O3/c1-5-3-7(11)6-4-8(10(13)14-2)15-9(6)12-5/h3-4H,1-2H3,(H2,11,12). The Bertz CT molecular complexity index is 531. The number of aryl methyl sites for hydroxylation is 1. The van der Waals surface area contributed by atoms with Crippen molar-refractivity contribution in [2.45, 2.75) is 6.92 Å². The molecule has 0 aliphatic carbocycles. The molecule has 0 atom stereocenters. The molecule has 15 heavy (non-hydrogen) atoms. The van der Waals surface area contributed by atoms with Crippen molar-refractivity contribution in [3.63, 3.8) is 0 Å². The second-order valence-electron chi connectivity index (χ2n) is 3.17. The number of carbonyl (C=O) groups is 1. The summed E-state index contributed by atoms with van der Waals surface area (Å²) in [5, 5.41) is 0.626. The van der Waals surface area contributed by atoms with Crippen LogP contribution in [-0.2, 0) is 4.74 Å². The molecule has 0 radical (unpaired) electrons. The van der Waals surface area contributed by atoms with E-state index in [9.17, 15) is 4.79 Å². The van der Waals surface area contributed by atoms with E-state index in [1.807, 2.05) is 0 Å². The Morgan fingerprint density at radius 2 is 2.27 bits per heavy atom. The van der Waals surface area contributed by atoms with Gasteiger partial charge in [0.05, 0.1) is 12.5 Å². The number of anilines is 1. The van der Waals surface area contributed by atoms with Crippen molar-refractivity contribution in [3.8, 4) is 0 Å². The zero-order valence-corrected chi connectivity index (χ0v) is 8.40. The van der Waals surface area contributed by atoms with Gasteiger partial charge in [0.25, 0.3) is 0 Å². The zero-order valence-electron chi connectivity index (χ0n) is 8.40. The normalized spacial score (nSPS) is 10.5. The smallest absolute Gasteiger partial charge is 0.374 e. The number of hydrogen-bond donors (Lipinski definition) is 1. The molecule has 0 aromatic carbocycles. The zero-order chi connectivity index (χ0) is 11.0. The predicted molar refractivity (Wildman–Crippen MR) is 54.5 cm³/mol. The largest absolute Gasteiger partial charge is 0.463 e. The highest BCUT2D eigenvalue weighted by molar-refractivity contribution is 5.95. The molecule has 5 heteroatoms. The molecule has 2 rings (SSSR count). The molecule has 0 fully saturated rings. The van der Waals surface area contributed by atoms with E-state index in [1.54, 1.807) is 13.0 Å². The van der Waals surface area contributed by atoms with E-state index < -0.39 is 5.97 Å². The second-order valence-corrected chi connectivity index (χ2v) is 3.17. The van der Waals surface area contributed by atoms with Crippen molar-refractivity contribution in [3.05, 3.63) is 23.6 Å². The van der Waals surface area contributed by atoms with Gasteiger partial charge >= 0.3 is 5.97 Å². The Labute approximate surface area is 85.8 Å². The Hall–Kier alpha value is -2.04. The van der Waals surface area contributed by atoms with Crippen molar-refractivity contribution in [2.24, 2.45) is 0 Å². The molecule has 0 aliphatic heterocycles. The molecule has 2 N–H and O–H groups in total. The van der Waals surface area contributed by atoms with Crippen LogP contribution in [0, 0.1) is 6.92 Å². The number of nitrogen functional groups attached to an aromatic ring is 1. The predicted octanol–water partition coefficient (Wildman–Crippen LogP) is 1.51. The van der Waals surface area contributed by atoms with Crippen LogP contribution in [0.15, 0.2) is 16.5 Å². The van der Waals surface area contributed by atoms with E-state index in [-0.39, 0.29) is 5.76 Å². The summed E-state index contributed by atoms with van der Waals surface area (Å²) in [7, 11) is 1.29. The lowest BCUT2D eigenvalue weighted by molar-refractivity contribution is 0.0567. The lowest BCUT2D eigenvalue weighted by atomic mass is 10.2. The molecule has 2 aromatic rings. The quantitative estimate of drug-likeness (QED) is 0.715. The van der Waals surface area contributed by atoms with Gasteiger partial charge in [0.1, 0.15) is 0 Å². The fourth-order valence-electron chi connectivity index (χ4n) is 1.37. The van der Waals surface area contributed by atoms with Crippen LogP contribution < -0.4 is 5.73 Å². The monoisotopic (exact) mass is 206 g/mol. The molecule has 0 aliphatic rings. The second kappa shape index (κ2) is 3.27. The van der Waals surface area contributed by atoms with Gasteiger partial charge in [0.2, 0.25) is 11.5 Å². The van der Waals surface area contributed by atoms with Crippen LogP contribution in [0.3, 0.4) is 0 Å². The van der Waals surface area contributed by atoms with Crippen LogP contribution in [0.4, 0.5) is 5.69 Å². The molecule has 0 spiro atoms. The molecule has 0 saturated heterocycles. The third kappa shape index (κ3) is 1.52. The van der Waals surface area contributed by atoms with Crippen LogP contribution in [-0.4, -0.2) is 18.1 Å². The number of nitrogens with two attached hydrogens (primary N) is 1. The fraction of sp³-hybridized carbons (Fsp3) is 0.200. The van der Waals surface area contributed by atoms with Crippen LogP contribution in [0.25, 0.3) is 11.1 Å². The summed E-state index contributed by atoms with van der Waals surface area (Å²) >= 11 is 0. The van der Waals surface area contributed by atoms with Crippen LogP contribution in [0.5, 0.6) is 0 Å². The molecular formula is C10H10N2O3. The average molecular weight is 206 g/mol. The van der Waals surface area contributed by atoms with Gasteiger partial charge in [-0.1, -0.05) is 0 Å². The van der Waals surface area contributed by atoms with Gasteiger partial charge in [-0.3, -0.25) is 0 Å². The number of pyridine rings is 1.